The van der Waals surface area contributed by atoms with Crippen LogP contribution >= 0.6 is 0 Å². The van der Waals surface area contributed by atoms with E-state index in [2.05, 4.69) is 37.5 Å². The standard InChI is InChI=1S/C18H22N6/c1-12-4-5-17(20-9-12)21-10-15-6-7-24(11-15)18-16(8-19)13(2)14(3)22-23-18/h4-5,9,15H,6-7,10-11H2,1-3H3,(H,20,21)/t15-/m1/s1. The van der Waals surface area contributed by atoms with Crippen molar-refractivity contribution in [3.05, 3.63) is 40.7 Å². The first kappa shape index (κ1) is 16.2. The normalized spacial score (nSPS) is 16.9. The first-order valence-electron chi connectivity index (χ1n) is 8.24. The van der Waals surface area contributed by atoms with Gasteiger partial charge in [-0.2, -0.15) is 10.4 Å². The molecule has 1 fully saturated rings. The Morgan fingerprint density at radius 1 is 1.29 bits per heavy atom. The van der Waals surface area contributed by atoms with Crippen molar-refractivity contribution in [3.63, 3.8) is 0 Å². The van der Waals surface area contributed by atoms with Crippen LogP contribution in [0.2, 0.25) is 0 Å². The number of anilines is 2. The lowest BCUT2D eigenvalue weighted by Crippen LogP contribution is -2.25. The summed E-state index contributed by atoms with van der Waals surface area (Å²) in [4.78, 5) is 6.55. The highest BCUT2D eigenvalue weighted by Crippen LogP contribution is 2.27. The van der Waals surface area contributed by atoms with Crippen LogP contribution < -0.4 is 10.2 Å². The molecule has 6 heteroatoms. The number of aromatic nitrogens is 3. The molecule has 0 radical (unpaired) electrons. The average Bonchev–Trinajstić information content (AvgIpc) is 3.05. The van der Waals surface area contributed by atoms with E-state index in [0.29, 0.717) is 11.5 Å². The summed E-state index contributed by atoms with van der Waals surface area (Å²) in [6.07, 6.45) is 2.94. The third kappa shape index (κ3) is 3.30. The van der Waals surface area contributed by atoms with Crippen molar-refractivity contribution in [2.75, 3.05) is 29.9 Å². The Bertz CT molecular complexity index is 762. The summed E-state index contributed by atoms with van der Waals surface area (Å²) in [5.41, 5.74) is 3.55. The zero-order valence-corrected chi connectivity index (χ0v) is 14.4. The molecule has 1 saturated heterocycles. The minimum Gasteiger partial charge on any atom is -0.370 e. The van der Waals surface area contributed by atoms with Crippen molar-refractivity contribution in [2.24, 2.45) is 5.92 Å². The predicted molar refractivity (Wildman–Crippen MR) is 94.0 cm³/mol. The quantitative estimate of drug-likeness (QED) is 0.932. The fourth-order valence-electron chi connectivity index (χ4n) is 2.96. The van der Waals surface area contributed by atoms with E-state index in [1.165, 1.54) is 0 Å². The van der Waals surface area contributed by atoms with E-state index in [-0.39, 0.29) is 0 Å². The van der Waals surface area contributed by atoms with Crippen molar-refractivity contribution >= 4 is 11.6 Å². The molecule has 0 aliphatic carbocycles. The number of nitrogens with one attached hydrogen (secondary N) is 1. The summed E-state index contributed by atoms with van der Waals surface area (Å²) in [5.74, 6) is 2.13. The summed E-state index contributed by atoms with van der Waals surface area (Å²) in [6, 6.07) is 6.35. The van der Waals surface area contributed by atoms with Crippen LogP contribution in [0.15, 0.2) is 18.3 Å². The average molecular weight is 322 g/mol. The van der Waals surface area contributed by atoms with Gasteiger partial charge in [0, 0.05) is 25.8 Å². The van der Waals surface area contributed by atoms with E-state index in [1.807, 2.05) is 33.0 Å². The zero-order valence-electron chi connectivity index (χ0n) is 14.4. The zero-order chi connectivity index (χ0) is 17.1. The number of nitriles is 1. The largest absolute Gasteiger partial charge is 0.370 e. The first-order chi connectivity index (χ1) is 11.6. The number of nitrogens with zero attached hydrogens (tertiary/aromatic N) is 5. The van der Waals surface area contributed by atoms with Crippen LogP contribution in [0.5, 0.6) is 0 Å². The Kier molecular flexibility index (Phi) is 4.61. The molecule has 1 N–H and O–H groups in total. The van der Waals surface area contributed by atoms with Crippen LogP contribution in [0.4, 0.5) is 11.6 Å². The van der Waals surface area contributed by atoms with Gasteiger partial charge in [-0.25, -0.2) is 4.98 Å². The number of aryl methyl sites for hydroxylation is 2. The van der Waals surface area contributed by atoms with Crippen molar-refractivity contribution in [1.82, 2.24) is 15.2 Å². The lowest BCUT2D eigenvalue weighted by Gasteiger charge is -2.19. The third-order valence-corrected chi connectivity index (χ3v) is 4.62. The van der Waals surface area contributed by atoms with Gasteiger partial charge in [-0.15, -0.1) is 5.10 Å². The smallest absolute Gasteiger partial charge is 0.169 e. The second-order valence-electron chi connectivity index (χ2n) is 6.42. The molecule has 24 heavy (non-hydrogen) atoms. The van der Waals surface area contributed by atoms with Crippen molar-refractivity contribution in [2.45, 2.75) is 27.2 Å². The lowest BCUT2D eigenvalue weighted by molar-refractivity contribution is 0.620. The van der Waals surface area contributed by atoms with Gasteiger partial charge in [-0.05, 0) is 50.3 Å². The van der Waals surface area contributed by atoms with Gasteiger partial charge in [0.15, 0.2) is 5.82 Å². The summed E-state index contributed by atoms with van der Waals surface area (Å²) >= 11 is 0. The van der Waals surface area contributed by atoms with E-state index >= 15 is 0 Å². The Balaban J connectivity index is 1.64. The number of rotatable bonds is 4. The van der Waals surface area contributed by atoms with Crippen LogP contribution in [0, 0.1) is 38.0 Å². The first-order valence-corrected chi connectivity index (χ1v) is 8.24. The van der Waals surface area contributed by atoms with Gasteiger partial charge < -0.3 is 10.2 Å². The van der Waals surface area contributed by atoms with Gasteiger partial charge in [0.05, 0.1) is 5.69 Å². The maximum absolute atomic E-state index is 9.46. The van der Waals surface area contributed by atoms with Crippen LogP contribution in [-0.4, -0.2) is 34.8 Å². The molecule has 3 rings (SSSR count). The van der Waals surface area contributed by atoms with Gasteiger partial charge in [0.25, 0.3) is 0 Å². The number of pyridine rings is 1. The second kappa shape index (κ2) is 6.83. The molecule has 1 atom stereocenters. The molecule has 124 valence electrons. The van der Waals surface area contributed by atoms with E-state index in [0.717, 1.165) is 54.5 Å². The van der Waals surface area contributed by atoms with Crippen LogP contribution in [0.3, 0.4) is 0 Å². The molecule has 1 aliphatic rings. The number of hydrogen-bond donors (Lipinski definition) is 1. The molecular weight excluding hydrogens is 300 g/mol. The molecule has 0 unspecified atom stereocenters. The summed E-state index contributed by atoms with van der Waals surface area (Å²) in [7, 11) is 0. The van der Waals surface area contributed by atoms with E-state index < -0.39 is 0 Å². The minimum atomic E-state index is 0.503. The summed E-state index contributed by atoms with van der Waals surface area (Å²) < 4.78 is 0. The van der Waals surface area contributed by atoms with E-state index in [9.17, 15) is 5.26 Å². The van der Waals surface area contributed by atoms with Gasteiger partial charge in [0.1, 0.15) is 17.5 Å². The molecule has 1 aliphatic heterocycles. The number of hydrogen-bond acceptors (Lipinski definition) is 6. The van der Waals surface area contributed by atoms with Crippen LogP contribution in [-0.2, 0) is 0 Å². The second-order valence-corrected chi connectivity index (χ2v) is 6.42. The highest BCUT2D eigenvalue weighted by molar-refractivity contribution is 5.58. The SMILES string of the molecule is Cc1ccc(NC[C@H]2CCN(c3nnc(C)c(C)c3C#N)C2)nc1. The fraction of sp³-hybridized carbons (Fsp3) is 0.444. The maximum Gasteiger partial charge on any atom is 0.169 e. The molecule has 2 aromatic rings. The van der Waals surface area contributed by atoms with Gasteiger partial charge in [0.2, 0.25) is 0 Å². The predicted octanol–water partition coefficient (Wildman–Crippen LogP) is 2.61. The fourth-order valence-corrected chi connectivity index (χ4v) is 2.96. The minimum absolute atomic E-state index is 0.503. The molecule has 0 spiro atoms. The van der Waals surface area contributed by atoms with Crippen molar-refractivity contribution in [3.8, 4) is 6.07 Å². The molecular formula is C18H22N6. The molecule has 2 aromatic heterocycles. The molecule has 6 nitrogen and oxygen atoms in total. The summed E-state index contributed by atoms with van der Waals surface area (Å²) in [6.45, 7) is 8.50. The molecule has 0 amide bonds. The van der Waals surface area contributed by atoms with Crippen LogP contribution in [0.25, 0.3) is 0 Å². The van der Waals surface area contributed by atoms with E-state index in [1.54, 1.807) is 0 Å². The van der Waals surface area contributed by atoms with Gasteiger partial charge in [-0.3, -0.25) is 0 Å². The van der Waals surface area contributed by atoms with Gasteiger partial charge >= 0.3 is 0 Å². The highest BCUT2D eigenvalue weighted by atomic mass is 15.3. The van der Waals surface area contributed by atoms with Crippen molar-refractivity contribution < 1.29 is 0 Å². The molecule has 3 heterocycles. The Labute approximate surface area is 142 Å². The van der Waals surface area contributed by atoms with Gasteiger partial charge in [-0.1, -0.05) is 6.07 Å². The highest BCUT2D eigenvalue weighted by Gasteiger charge is 2.26. The Morgan fingerprint density at radius 3 is 2.83 bits per heavy atom. The topological polar surface area (TPSA) is 77.7 Å². The Hall–Kier alpha value is -2.68. The maximum atomic E-state index is 9.46. The van der Waals surface area contributed by atoms with Crippen LogP contribution in [0.1, 0.15) is 28.8 Å². The lowest BCUT2D eigenvalue weighted by atomic mass is 10.1. The van der Waals surface area contributed by atoms with Crippen molar-refractivity contribution in [1.29, 1.82) is 5.26 Å². The third-order valence-electron chi connectivity index (χ3n) is 4.62. The Morgan fingerprint density at radius 2 is 2.12 bits per heavy atom. The van der Waals surface area contributed by atoms with E-state index in [4.69, 9.17) is 0 Å². The molecule has 0 bridgehead atoms. The monoisotopic (exact) mass is 322 g/mol. The summed E-state index contributed by atoms with van der Waals surface area (Å²) in [5, 5.41) is 21.3. The molecule has 0 saturated carbocycles. The molecule has 0 aromatic carbocycles.